The molecule has 0 heterocycles. The van der Waals surface area contributed by atoms with Gasteiger partial charge in [-0.15, -0.1) is 0 Å². The number of benzene rings is 1. The number of carboxylic acid groups (broad SMARTS) is 1. The Balaban J connectivity index is 2.51. The first-order valence-electron chi connectivity index (χ1n) is 5.67. The summed E-state index contributed by atoms with van der Waals surface area (Å²) in [5.41, 5.74) is 0.882. The molecule has 0 saturated heterocycles. The van der Waals surface area contributed by atoms with Gasteiger partial charge in [0, 0.05) is 6.04 Å². The molecule has 2 unspecified atom stereocenters. The number of aliphatic carboxylic acids is 1. The molecule has 0 aliphatic heterocycles. The van der Waals surface area contributed by atoms with E-state index in [0.717, 1.165) is 5.56 Å². The van der Waals surface area contributed by atoms with Gasteiger partial charge in [0.25, 0.3) is 0 Å². The maximum atomic E-state index is 12.7. The van der Waals surface area contributed by atoms with E-state index in [0.29, 0.717) is 6.42 Å². The van der Waals surface area contributed by atoms with Gasteiger partial charge in [-0.05, 0) is 38.0 Å². The number of carbonyl (C=O) groups is 2. The Kier molecular flexibility index (Phi) is 4.83. The molecule has 0 aliphatic rings. The highest BCUT2D eigenvalue weighted by atomic mass is 19.1. The molecule has 1 amide bonds. The molecular weight excluding hydrogens is 237 g/mol. The summed E-state index contributed by atoms with van der Waals surface area (Å²) in [5, 5.41) is 11.3. The molecule has 2 atom stereocenters. The van der Waals surface area contributed by atoms with Crippen molar-refractivity contribution in [2.24, 2.45) is 5.92 Å². The van der Waals surface area contributed by atoms with Gasteiger partial charge in [-0.2, -0.15) is 0 Å². The van der Waals surface area contributed by atoms with Crippen LogP contribution in [-0.4, -0.2) is 23.0 Å². The van der Waals surface area contributed by atoms with Crippen molar-refractivity contribution in [3.63, 3.8) is 0 Å². The van der Waals surface area contributed by atoms with Gasteiger partial charge in [-0.3, -0.25) is 9.59 Å². The fraction of sp³-hybridized carbons (Fsp3) is 0.385. The first-order chi connectivity index (χ1) is 8.40. The van der Waals surface area contributed by atoms with Crippen molar-refractivity contribution in [1.29, 1.82) is 0 Å². The summed E-state index contributed by atoms with van der Waals surface area (Å²) in [6.07, 6.45) is 0.526. The van der Waals surface area contributed by atoms with Crippen LogP contribution in [0.4, 0.5) is 4.39 Å². The first kappa shape index (κ1) is 14.2. The third-order valence-electron chi connectivity index (χ3n) is 2.61. The molecule has 4 nitrogen and oxygen atoms in total. The molecule has 18 heavy (non-hydrogen) atoms. The van der Waals surface area contributed by atoms with E-state index in [9.17, 15) is 14.0 Å². The summed E-state index contributed by atoms with van der Waals surface area (Å²) < 4.78 is 12.7. The van der Waals surface area contributed by atoms with Crippen LogP contribution < -0.4 is 5.32 Å². The zero-order valence-electron chi connectivity index (χ0n) is 10.3. The summed E-state index contributed by atoms with van der Waals surface area (Å²) in [6, 6.07) is 5.77. The minimum absolute atomic E-state index is 0.204. The van der Waals surface area contributed by atoms with Gasteiger partial charge >= 0.3 is 5.97 Å². The molecule has 0 aliphatic carbocycles. The molecule has 0 radical (unpaired) electrons. The van der Waals surface area contributed by atoms with Crippen LogP contribution >= 0.6 is 0 Å². The SMILES string of the molecule is CC(Cc1ccc(F)cc1)NC(=O)C(C)C(=O)O. The van der Waals surface area contributed by atoms with Crippen molar-refractivity contribution in [3.8, 4) is 0 Å². The summed E-state index contributed by atoms with van der Waals surface area (Å²) in [5.74, 6) is -3.05. The molecule has 0 fully saturated rings. The Labute approximate surface area is 105 Å². The minimum atomic E-state index is -1.15. The largest absolute Gasteiger partial charge is 0.481 e. The normalized spacial score (nSPS) is 13.7. The number of rotatable bonds is 5. The maximum absolute atomic E-state index is 12.7. The van der Waals surface area contributed by atoms with Crippen molar-refractivity contribution in [3.05, 3.63) is 35.6 Å². The maximum Gasteiger partial charge on any atom is 0.315 e. The Hall–Kier alpha value is -1.91. The average molecular weight is 253 g/mol. The molecule has 0 spiro atoms. The fourth-order valence-corrected chi connectivity index (χ4v) is 1.51. The summed E-state index contributed by atoms with van der Waals surface area (Å²) in [6.45, 7) is 3.11. The molecule has 1 aromatic carbocycles. The van der Waals surface area contributed by atoms with Crippen molar-refractivity contribution >= 4 is 11.9 Å². The first-order valence-corrected chi connectivity index (χ1v) is 5.67. The van der Waals surface area contributed by atoms with Crippen LogP contribution in [0.5, 0.6) is 0 Å². The van der Waals surface area contributed by atoms with E-state index >= 15 is 0 Å². The summed E-state index contributed by atoms with van der Waals surface area (Å²) in [4.78, 5) is 22.1. The lowest BCUT2D eigenvalue weighted by atomic mass is 10.1. The number of hydrogen-bond acceptors (Lipinski definition) is 2. The zero-order chi connectivity index (χ0) is 13.7. The van der Waals surface area contributed by atoms with Crippen molar-refractivity contribution < 1.29 is 19.1 Å². The molecule has 1 aromatic rings. The topological polar surface area (TPSA) is 66.4 Å². The Morgan fingerprint density at radius 1 is 1.28 bits per heavy atom. The highest BCUT2D eigenvalue weighted by molar-refractivity contribution is 5.96. The second kappa shape index (κ2) is 6.14. The summed E-state index contributed by atoms with van der Waals surface area (Å²) in [7, 11) is 0. The van der Waals surface area contributed by atoms with Crippen LogP contribution in [0.3, 0.4) is 0 Å². The monoisotopic (exact) mass is 253 g/mol. The van der Waals surface area contributed by atoms with Crippen molar-refractivity contribution in [2.45, 2.75) is 26.3 Å². The molecule has 0 bridgehead atoms. The quantitative estimate of drug-likeness (QED) is 0.783. The van der Waals surface area contributed by atoms with Crippen LogP contribution in [0.15, 0.2) is 24.3 Å². The fourth-order valence-electron chi connectivity index (χ4n) is 1.51. The number of nitrogens with one attached hydrogen (secondary N) is 1. The van der Waals surface area contributed by atoms with E-state index in [-0.39, 0.29) is 11.9 Å². The predicted octanol–water partition coefficient (Wildman–Crippen LogP) is 1.59. The second-order valence-electron chi connectivity index (χ2n) is 4.30. The lowest BCUT2D eigenvalue weighted by Gasteiger charge is -2.15. The van der Waals surface area contributed by atoms with Crippen LogP contribution in [-0.2, 0) is 16.0 Å². The highest BCUT2D eigenvalue weighted by Gasteiger charge is 2.21. The van der Waals surface area contributed by atoms with E-state index in [1.54, 1.807) is 19.1 Å². The molecule has 98 valence electrons. The smallest absolute Gasteiger partial charge is 0.315 e. The van der Waals surface area contributed by atoms with Crippen LogP contribution in [0.25, 0.3) is 0 Å². The molecule has 1 rings (SSSR count). The molecular formula is C13H16FNO3. The van der Waals surface area contributed by atoms with Crippen molar-refractivity contribution in [2.75, 3.05) is 0 Å². The van der Waals surface area contributed by atoms with Gasteiger partial charge in [-0.25, -0.2) is 4.39 Å². The number of halogens is 1. The standard InChI is InChI=1S/C13H16FNO3/c1-8(15-12(16)9(2)13(17)18)7-10-3-5-11(14)6-4-10/h3-6,8-9H,7H2,1-2H3,(H,15,16)(H,17,18). The van der Waals surface area contributed by atoms with Crippen molar-refractivity contribution in [1.82, 2.24) is 5.32 Å². The second-order valence-corrected chi connectivity index (χ2v) is 4.30. The van der Waals surface area contributed by atoms with E-state index < -0.39 is 17.8 Å². The van der Waals surface area contributed by atoms with Gasteiger partial charge in [0.2, 0.25) is 5.91 Å². The number of hydrogen-bond donors (Lipinski definition) is 2. The van der Waals surface area contributed by atoms with Gasteiger partial charge < -0.3 is 10.4 Å². The van der Waals surface area contributed by atoms with Gasteiger partial charge in [0.1, 0.15) is 11.7 Å². The van der Waals surface area contributed by atoms with E-state index in [1.165, 1.54) is 19.1 Å². The zero-order valence-corrected chi connectivity index (χ0v) is 10.3. The van der Waals surface area contributed by atoms with Gasteiger partial charge in [0.05, 0.1) is 0 Å². The van der Waals surface area contributed by atoms with Gasteiger partial charge in [-0.1, -0.05) is 12.1 Å². The number of carboxylic acids is 1. The Bertz CT molecular complexity index is 430. The van der Waals surface area contributed by atoms with E-state index in [1.807, 2.05) is 0 Å². The average Bonchev–Trinajstić information content (AvgIpc) is 2.30. The third-order valence-corrected chi connectivity index (χ3v) is 2.61. The lowest BCUT2D eigenvalue weighted by Crippen LogP contribution is -2.40. The summed E-state index contributed by atoms with van der Waals surface area (Å²) >= 11 is 0. The van der Waals surface area contributed by atoms with Crippen LogP contribution in [0.1, 0.15) is 19.4 Å². The number of amides is 1. The Morgan fingerprint density at radius 2 is 1.83 bits per heavy atom. The third kappa shape index (κ3) is 4.16. The number of carbonyl (C=O) groups excluding carboxylic acids is 1. The highest BCUT2D eigenvalue weighted by Crippen LogP contribution is 2.06. The van der Waals surface area contributed by atoms with E-state index in [4.69, 9.17) is 5.11 Å². The van der Waals surface area contributed by atoms with Crippen LogP contribution in [0, 0.1) is 11.7 Å². The molecule has 0 aromatic heterocycles. The Morgan fingerprint density at radius 3 is 2.33 bits per heavy atom. The molecule has 0 saturated carbocycles. The predicted molar refractivity (Wildman–Crippen MR) is 64.5 cm³/mol. The lowest BCUT2D eigenvalue weighted by molar-refractivity contribution is -0.146. The molecule has 2 N–H and O–H groups in total. The van der Waals surface area contributed by atoms with Gasteiger partial charge in [0.15, 0.2) is 0 Å². The van der Waals surface area contributed by atoms with E-state index in [2.05, 4.69) is 5.32 Å². The minimum Gasteiger partial charge on any atom is -0.481 e. The molecule has 5 heteroatoms. The van der Waals surface area contributed by atoms with Crippen LogP contribution in [0.2, 0.25) is 0 Å².